The van der Waals surface area contributed by atoms with Crippen LogP contribution in [0, 0.1) is 22.0 Å². The third kappa shape index (κ3) is 4.98. The van der Waals surface area contributed by atoms with Crippen LogP contribution in [0.5, 0.6) is 0 Å². The summed E-state index contributed by atoms with van der Waals surface area (Å²) >= 11 is 0. The molecule has 1 saturated heterocycles. The van der Waals surface area contributed by atoms with Crippen LogP contribution >= 0.6 is 0 Å². The maximum absolute atomic E-state index is 12.3. The highest BCUT2D eigenvalue weighted by molar-refractivity contribution is 7.87. The minimum atomic E-state index is -3.47. The van der Waals surface area contributed by atoms with Crippen molar-refractivity contribution in [3.63, 3.8) is 0 Å². The number of non-ortho nitro benzene ring substituents is 1. The molecule has 0 spiro atoms. The van der Waals surface area contributed by atoms with E-state index in [2.05, 4.69) is 18.6 Å². The fraction of sp³-hybridized carbons (Fsp3) is 0.600. The smallest absolute Gasteiger partial charge is 0.258 e. The van der Waals surface area contributed by atoms with Crippen molar-refractivity contribution in [2.75, 3.05) is 19.6 Å². The van der Waals surface area contributed by atoms with Crippen LogP contribution in [0.15, 0.2) is 24.3 Å². The lowest BCUT2D eigenvalue weighted by atomic mass is 9.94. The quantitative estimate of drug-likeness (QED) is 0.632. The molecule has 128 valence electrons. The molecule has 1 aliphatic heterocycles. The number of piperidine rings is 1. The van der Waals surface area contributed by atoms with Crippen molar-refractivity contribution in [1.82, 2.24) is 9.03 Å². The lowest BCUT2D eigenvalue weighted by Crippen LogP contribution is -2.48. The molecule has 2 atom stereocenters. The van der Waals surface area contributed by atoms with Gasteiger partial charge in [-0.25, -0.2) is 4.72 Å². The predicted molar refractivity (Wildman–Crippen MR) is 88.2 cm³/mol. The van der Waals surface area contributed by atoms with Crippen LogP contribution < -0.4 is 4.72 Å². The van der Waals surface area contributed by atoms with Crippen LogP contribution in [-0.4, -0.2) is 37.3 Å². The van der Waals surface area contributed by atoms with E-state index >= 15 is 0 Å². The number of hydrogen-bond acceptors (Lipinski definition) is 4. The van der Waals surface area contributed by atoms with Crippen LogP contribution in [0.25, 0.3) is 0 Å². The van der Waals surface area contributed by atoms with Gasteiger partial charge in [-0.05, 0) is 30.2 Å². The molecule has 1 heterocycles. The summed E-state index contributed by atoms with van der Waals surface area (Å²) in [4.78, 5) is 10.1. The Hall–Kier alpha value is -1.51. The lowest BCUT2D eigenvalue weighted by molar-refractivity contribution is -0.384. The largest absolute Gasteiger partial charge is 0.279 e. The first kappa shape index (κ1) is 17.8. The molecule has 0 bridgehead atoms. The molecule has 1 aromatic rings. The van der Waals surface area contributed by atoms with Gasteiger partial charge in [-0.15, -0.1) is 0 Å². The van der Waals surface area contributed by atoms with Gasteiger partial charge in [0.2, 0.25) is 0 Å². The average molecular weight is 341 g/mol. The predicted octanol–water partition coefficient (Wildman–Crippen LogP) is 1.95. The maximum atomic E-state index is 12.3. The van der Waals surface area contributed by atoms with Gasteiger partial charge in [0.1, 0.15) is 0 Å². The van der Waals surface area contributed by atoms with Crippen molar-refractivity contribution in [2.45, 2.75) is 26.7 Å². The molecule has 7 nitrogen and oxygen atoms in total. The standard InChI is InChI=1S/C15H23N3O4S/c1-12-9-13(2)11-17(10-12)23(21,22)16-8-7-14-3-5-15(6-4-14)18(19)20/h3-6,12-13,16H,7-11H2,1-2H3/t12-,13-/m1/s1. The Morgan fingerprint density at radius 3 is 2.30 bits per heavy atom. The summed E-state index contributed by atoms with van der Waals surface area (Å²) in [7, 11) is -3.47. The number of nitro groups is 1. The van der Waals surface area contributed by atoms with Gasteiger partial charge < -0.3 is 0 Å². The second kappa shape index (κ2) is 7.37. The third-order valence-corrected chi connectivity index (χ3v) is 5.57. The van der Waals surface area contributed by atoms with Gasteiger partial charge in [0.25, 0.3) is 15.9 Å². The second-order valence-electron chi connectivity index (χ2n) is 6.34. The minimum absolute atomic E-state index is 0.0330. The summed E-state index contributed by atoms with van der Waals surface area (Å²) in [5.41, 5.74) is 0.893. The van der Waals surface area contributed by atoms with E-state index < -0.39 is 15.1 Å². The summed E-state index contributed by atoms with van der Waals surface area (Å²) < 4.78 is 28.8. The van der Waals surface area contributed by atoms with Gasteiger partial charge >= 0.3 is 0 Å². The van der Waals surface area contributed by atoms with Crippen molar-refractivity contribution in [3.05, 3.63) is 39.9 Å². The summed E-state index contributed by atoms with van der Waals surface area (Å²) in [6.45, 7) is 5.51. The van der Waals surface area contributed by atoms with Crippen molar-refractivity contribution in [1.29, 1.82) is 0 Å². The van der Waals surface area contributed by atoms with E-state index in [1.807, 2.05) is 0 Å². The van der Waals surface area contributed by atoms with Crippen molar-refractivity contribution in [2.24, 2.45) is 11.8 Å². The Kier molecular flexibility index (Phi) is 5.72. The van der Waals surface area contributed by atoms with E-state index in [0.717, 1.165) is 12.0 Å². The molecule has 1 aliphatic rings. The number of hydrogen-bond donors (Lipinski definition) is 1. The molecule has 0 unspecified atom stereocenters. The SMILES string of the molecule is C[C@@H]1C[C@@H](C)CN(S(=O)(=O)NCCc2ccc([N+](=O)[O-])cc2)C1. The molecule has 1 N–H and O–H groups in total. The van der Waals surface area contributed by atoms with E-state index in [0.29, 0.717) is 31.3 Å². The summed E-state index contributed by atoms with van der Waals surface area (Å²) in [6, 6.07) is 6.16. The molecule has 0 saturated carbocycles. The van der Waals surface area contributed by atoms with E-state index in [-0.39, 0.29) is 12.2 Å². The molecule has 0 aromatic heterocycles. The molecular weight excluding hydrogens is 318 g/mol. The van der Waals surface area contributed by atoms with Crippen molar-refractivity contribution in [3.8, 4) is 0 Å². The monoisotopic (exact) mass is 341 g/mol. The van der Waals surface area contributed by atoms with Crippen LogP contribution in [0.4, 0.5) is 5.69 Å². The van der Waals surface area contributed by atoms with Crippen LogP contribution in [0.3, 0.4) is 0 Å². The van der Waals surface area contributed by atoms with E-state index in [1.54, 1.807) is 12.1 Å². The molecule has 0 radical (unpaired) electrons. The summed E-state index contributed by atoms with van der Waals surface area (Å²) in [5.74, 6) is 0.731. The maximum Gasteiger partial charge on any atom is 0.279 e. The van der Waals surface area contributed by atoms with Crippen LogP contribution in [-0.2, 0) is 16.6 Å². The third-order valence-electron chi connectivity index (χ3n) is 4.02. The second-order valence-corrected chi connectivity index (χ2v) is 8.09. The van der Waals surface area contributed by atoms with Gasteiger partial charge in [-0.2, -0.15) is 12.7 Å². The molecular formula is C15H23N3O4S. The Labute approximate surface area is 137 Å². The number of benzene rings is 1. The molecule has 1 aromatic carbocycles. The zero-order chi connectivity index (χ0) is 17.0. The van der Waals surface area contributed by atoms with Gasteiger partial charge in [0.15, 0.2) is 0 Å². The summed E-state index contributed by atoms with van der Waals surface area (Å²) in [5, 5.41) is 10.6. The zero-order valence-electron chi connectivity index (χ0n) is 13.4. The van der Waals surface area contributed by atoms with Crippen LogP contribution in [0.2, 0.25) is 0 Å². The number of nitrogens with zero attached hydrogens (tertiary/aromatic N) is 2. The van der Waals surface area contributed by atoms with E-state index in [9.17, 15) is 18.5 Å². The highest BCUT2D eigenvalue weighted by Gasteiger charge is 2.29. The number of rotatable bonds is 6. The highest BCUT2D eigenvalue weighted by atomic mass is 32.2. The first-order valence-corrected chi connectivity index (χ1v) is 9.20. The molecule has 0 aliphatic carbocycles. The Balaban J connectivity index is 1.88. The molecule has 23 heavy (non-hydrogen) atoms. The van der Waals surface area contributed by atoms with Crippen LogP contribution in [0.1, 0.15) is 25.8 Å². The molecule has 8 heteroatoms. The van der Waals surface area contributed by atoms with Crippen molar-refractivity contribution >= 4 is 15.9 Å². The Morgan fingerprint density at radius 1 is 1.22 bits per heavy atom. The topological polar surface area (TPSA) is 92.6 Å². The Bertz CT molecular complexity index is 635. The number of nitrogens with one attached hydrogen (secondary N) is 1. The first-order valence-electron chi connectivity index (χ1n) is 7.76. The van der Waals surface area contributed by atoms with Gasteiger partial charge in [-0.1, -0.05) is 26.0 Å². The minimum Gasteiger partial charge on any atom is -0.258 e. The van der Waals surface area contributed by atoms with Gasteiger partial charge in [0.05, 0.1) is 4.92 Å². The molecule has 0 amide bonds. The average Bonchev–Trinajstić information content (AvgIpc) is 2.46. The lowest BCUT2D eigenvalue weighted by Gasteiger charge is -2.33. The number of nitro benzene ring substituents is 1. The first-order chi connectivity index (χ1) is 10.8. The van der Waals surface area contributed by atoms with E-state index in [1.165, 1.54) is 16.4 Å². The Morgan fingerprint density at radius 2 is 1.78 bits per heavy atom. The molecule has 1 fully saturated rings. The summed E-state index contributed by atoms with van der Waals surface area (Å²) in [6.07, 6.45) is 1.55. The fourth-order valence-corrected chi connectivity index (χ4v) is 4.45. The highest BCUT2D eigenvalue weighted by Crippen LogP contribution is 2.22. The normalized spacial score (nSPS) is 22.9. The zero-order valence-corrected chi connectivity index (χ0v) is 14.3. The van der Waals surface area contributed by atoms with E-state index in [4.69, 9.17) is 0 Å². The molecule has 2 rings (SSSR count). The van der Waals surface area contributed by atoms with Crippen molar-refractivity contribution < 1.29 is 13.3 Å². The van der Waals surface area contributed by atoms with Gasteiger partial charge in [-0.3, -0.25) is 10.1 Å². The fourth-order valence-electron chi connectivity index (χ4n) is 3.00. The van der Waals surface area contributed by atoms with Gasteiger partial charge in [0, 0.05) is 31.8 Å².